The molecule has 0 radical (unpaired) electrons. The lowest BCUT2D eigenvalue weighted by atomic mass is 10.2. The van der Waals surface area contributed by atoms with Crippen LogP contribution in [0, 0.1) is 13.8 Å². The van der Waals surface area contributed by atoms with Crippen LogP contribution in [0.2, 0.25) is 0 Å². The number of aromatic nitrogens is 2. The predicted molar refractivity (Wildman–Crippen MR) is 75.0 cm³/mol. The molecule has 3 nitrogen and oxygen atoms in total. The number of nitrogen functional groups attached to an aromatic ring is 1. The minimum Gasteiger partial charge on any atom is -0.399 e. The number of nitrogens with zero attached hydrogens (tertiary/aromatic N) is 2. The van der Waals surface area contributed by atoms with Gasteiger partial charge in [0.1, 0.15) is 5.82 Å². The third-order valence-electron chi connectivity index (χ3n) is 3.24. The van der Waals surface area contributed by atoms with E-state index in [0.29, 0.717) is 0 Å². The van der Waals surface area contributed by atoms with Crippen LogP contribution >= 0.6 is 0 Å². The molecule has 0 aliphatic carbocycles. The molecule has 0 saturated heterocycles. The van der Waals surface area contributed by atoms with Crippen molar-refractivity contribution >= 4 is 16.7 Å². The molecular formula is C15H15N3. The van der Waals surface area contributed by atoms with Gasteiger partial charge in [0, 0.05) is 11.4 Å². The van der Waals surface area contributed by atoms with E-state index in [-0.39, 0.29) is 0 Å². The van der Waals surface area contributed by atoms with Crippen LogP contribution in [-0.4, -0.2) is 9.55 Å². The monoisotopic (exact) mass is 237 g/mol. The maximum Gasteiger partial charge on any atom is 0.111 e. The number of aryl methyl sites for hydroxylation is 2. The lowest BCUT2D eigenvalue weighted by molar-refractivity contribution is 0.999. The maximum atomic E-state index is 5.87. The SMILES string of the molecule is Cc1cc(-n2c(C)nc3ccccc32)ccc1N. The first kappa shape index (κ1) is 10.8. The first-order valence-electron chi connectivity index (χ1n) is 5.97. The average Bonchev–Trinajstić information content (AvgIpc) is 2.69. The van der Waals surface area contributed by atoms with Gasteiger partial charge in [0.2, 0.25) is 0 Å². The number of fused-ring (bicyclic) bond motifs is 1. The summed E-state index contributed by atoms with van der Waals surface area (Å²) >= 11 is 0. The fourth-order valence-corrected chi connectivity index (χ4v) is 2.27. The largest absolute Gasteiger partial charge is 0.399 e. The summed E-state index contributed by atoms with van der Waals surface area (Å²) in [5, 5.41) is 0. The topological polar surface area (TPSA) is 43.8 Å². The van der Waals surface area contributed by atoms with Crippen molar-refractivity contribution in [1.29, 1.82) is 0 Å². The number of nitrogens with two attached hydrogens (primary N) is 1. The molecule has 0 bridgehead atoms. The second-order valence-electron chi connectivity index (χ2n) is 4.52. The van der Waals surface area contributed by atoms with E-state index >= 15 is 0 Å². The standard InChI is InChI=1S/C15H15N3/c1-10-9-12(7-8-13(10)16)18-11(2)17-14-5-3-4-6-15(14)18/h3-9H,16H2,1-2H3. The smallest absolute Gasteiger partial charge is 0.111 e. The van der Waals surface area contributed by atoms with Crippen molar-refractivity contribution in [2.24, 2.45) is 0 Å². The summed E-state index contributed by atoms with van der Waals surface area (Å²) in [5.74, 6) is 0.986. The van der Waals surface area contributed by atoms with Crippen LogP contribution in [0.25, 0.3) is 16.7 Å². The van der Waals surface area contributed by atoms with Crippen LogP contribution in [0.5, 0.6) is 0 Å². The summed E-state index contributed by atoms with van der Waals surface area (Å²) in [6, 6.07) is 14.2. The fourth-order valence-electron chi connectivity index (χ4n) is 2.27. The van der Waals surface area contributed by atoms with Crippen molar-refractivity contribution < 1.29 is 0 Å². The van der Waals surface area contributed by atoms with E-state index < -0.39 is 0 Å². The minimum atomic E-state index is 0.820. The Morgan fingerprint density at radius 3 is 2.61 bits per heavy atom. The molecule has 0 aliphatic rings. The molecule has 0 aliphatic heterocycles. The van der Waals surface area contributed by atoms with Crippen LogP contribution in [0.4, 0.5) is 5.69 Å². The predicted octanol–water partition coefficient (Wildman–Crippen LogP) is 3.22. The molecule has 0 unspecified atom stereocenters. The second kappa shape index (κ2) is 3.88. The Morgan fingerprint density at radius 1 is 1.06 bits per heavy atom. The molecule has 3 heteroatoms. The number of rotatable bonds is 1. The van der Waals surface area contributed by atoms with Gasteiger partial charge in [0.25, 0.3) is 0 Å². The van der Waals surface area contributed by atoms with Crippen molar-refractivity contribution in [2.45, 2.75) is 13.8 Å². The molecule has 0 fully saturated rings. The molecule has 0 atom stereocenters. The average molecular weight is 237 g/mol. The van der Waals surface area contributed by atoms with Gasteiger partial charge in [0.15, 0.2) is 0 Å². The number of hydrogen-bond donors (Lipinski definition) is 1. The Kier molecular flexibility index (Phi) is 2.33. The van der Waals surface area contributed by atoms with Gasteiger partial charge in [-0.05, 0) is 49.7 Å². The van der Waals surface area contributed by atoms with E-state index in [1.807, 2.05) is 44.2 Å². The number of hydrogen-bond acceptors (Lipinski definition) is 2. The van der Waals surface area contributed by atoms with E-state index in [1.54, 1.807) is 0 Å². The summed E-state index contributed by atoms with van der Waals surface area (Å²) in [6.45, 7) is 4.04. The molecule has 2 N–H and O–H groups in total. The Labute approximate surface area is 106 Å². The maximum absolute atomic E-state index is 5.87. The van der Waals surface area contributed by atoms with E-state index in [2.05, 4.69) is 21.7 Å². The Bertz CT molecular complexity index is 726. The normalized spacial score (nSPS) is 11.0. The van der Waals surface area contributed by atoms with E-state index in [1.165, 1.54) is 0 Å². The van der Waals surface area contributed by atoms with Crippen molar-refractivity contribution in [3.63, 3.8) is 0 Å². The summed E-state index contributed by atoms with van der Waals surface area (Å²) in [5.41, 5.74) is 11.0. The van der Waals surface area contributed by atoms with Gasteiger partial charge in [-0.3, -0.25) is 4.57 Å². The third-order valence-corrected chi connectivity index (χ3v) is 3.24. The van der Waals surface area contributed by atoms with Crippen LogP contribution < -0.4 is 5.73 Å². The molecule has 90 valence electrons. The lowest BCUT2D eigenvalue weighted by Gasteiger charge is -2.09. The molecule has 1 aromatic heterocycles. The summed E-state index contributed by atoms with van der Waals surface area (Å²) < 4.78 is 2.15. The zero-order chi connectivity index (χ0) is 12.7. The van der Waals surface area contributed by atoms with Crippen LogP contribution in [-0.2, 0) is 0 Å². The highest BCUT2D eigenvalue weighted by Crippen LogP contribution is 2.23. The van der Waals surface area contributed by atoms with Gasteiger partial charge < -0.3 is 5.73 Å². The lowest BCUT2D eigenvalue weighted by Crippen LogP contribution is -1.98. The van der Waals surface area contributed by atoms with Crippen molar-refractivity contribution in [2.75, 3.05) is 5.73 Å². The van der Waals surface area contributed by atoms with Crippen LogP contribution in [0.15, 0.2) is 42.5 Å². The van der Waals surface area contributed by atoms with Gasteiger partial charge in [-0.25, -0.2) is 4.98 Å². The van der Waals surface area contributed by atoms with Crippen molar-refractivity contribution in [3.8, 4) is 5.69 Å². The molecule has 0 amide bonds. The van der Waals surface area contributed by atoms with Gasteiger partial charge in [0.05, 0.1) is 11.0 Å². The minimum absolute atomic E-state index is 0.820. The highest BCUT2D eigenvalue weighted by Gasteiger charge is 2.08. The molecule has 2 aromatic carbocycles. The molecule has 0 saturated carbocycles. The highest BCUT2D eigenvalue weighted by molar-refractivity contribution is 5.78. The molecule has 3 aromatic rings. The number of benzene rings is 2. The number of anilines is 1. The zero-order valence-corrected chi connectivity index (χ0v) is 10.5. The fraction of sp³-hybridized carbons (Fsp3) is 0.133. The van der Waals surface area contributed by atoms with Gasteiger partial charge in [-0.15, -0.1) is 0 Å². The Hall–Kier alpha value is -2.29. The summed E-state index contributed by atoms with van der Waals surface area (Å²) in [4.78, 5) is 4.57. The van der Waals surface area contributed by atoms with E-state index in [0.717, 1.165) is 33.8 Å². The van der Waals surface area contributed by atoms with Gasteiger partial charge in [-0.2, -0.15) is 0 Å². The number of imidazole rings is 1. The zero-order valence-electron chi connectivity index (χ0n) is 10.5. The Morgan fingerprint density at radius 2 is 1.83 bits per heavy atom. The molecule has 0 spiro atoms. The molecule has 1 heterocycles. The van der Waals surface area contributed by atoms with Crippen LogP contribution in [0.1, 0.15) is 11.4 Å². The second-order valence-corrected chi connectivity index (χ2v) is 4.52. The van der Waals surface area contributed by atoms with Gasteiger partial charge in [-0.1, -0.05) is 12.1 Å². The summed E-state index contributed by atoms with van der Waals surface area (Å²) in [7, 11) is 0. The molecule has 3 rings (SSSR count). The number of para-hydroxylation sites is 2. The highest BCUT2D eigenvalue weighted by atomic mass is 15.1. The Balaban J connectivity index is 2.30. The van der Waals surface area contributed by atoms with Crippen molar-refractivity contribution in [3.05, 3.63) is 53.9 Å². The first-order chi connectivity index (χ1) is 8.66. The van der Waals surface area contributed by atoms with Crippen LogP contribution in [0.3, 0.4) is 0 Å². The third kappa shape index (κ3) is 1.56. The van der Waals surface area contributed by atoms with E-state index in [4.69, 9.17) is 5.73 Å². The summed E-state index contributed by atoms with van der Waals surface area (Å²) in [6.07, 6.45) is 0. The van der Waals surface area contributed by atoms with E-state index in [9.17, 15) is 0 Å². The molecular weight excluding hydrogens is 222 g/mol. The molecule has 18 heavy (non-hydrogen) atoms. The van der Waals surface area contributed by atoms with Gasteiger partial charge >= 0.3 is 0 Å². The first-order valence-corrected chi connectivity index (χ1v) is 5.97. The quantitative estimate of drug-likeness (QED) is 0.660. The van der Waals surface area contributed by atoms with Crippen molar-refractivity contribution in [1.82, 2.24) is 9.55 Å².